The number of aliphatic hydroxyl groups is 1. The van der Waals surface area contributed by atoms with Crippen LogP contribution in [-0.2, 0) is 93.0 Å². The topological polar surface area (TPSA) is 447 Å². The number of primary amides is 1. The van der Waals surface area contributed by atoms with Gasteiger partial charge in [0, 0.05) is 66.4 Å². The maximum Gasteiger partial charge on any atom is 0.410 e. The van der Waals surface area contributed by atoms with E-state index in [1.54, 1.807) is 111 Å². The summed E-state index contributed by atoms with van der Waals surface area (Å²) >= 11 is 0. The Morgan fingerprint density at radius 1 is 0.651 bits per heavy atom. The van der Waals surface area contributed by atoms with Gasteiger partial charge in [-0.05, 0) is 79.5 Å². The standard InChI is InChI=1S/C75H123N11O22S/c1-16-49(9)65(59(102-14)43-61(89)86-34-22-26-58(86)67(103-15)50(10)68(91)78-51(11)66(90)53-23-19-18-20-24-53)84(12)73(96)63(47(5)6)83-72(95)64(48(7)8)85(13)75(98)108-44-52-27-29-54(30-28-52)79-69(92)56(25-21-33-77-74(76)97)81-71(94)62(46(3)4)82-70(93)57(45-109(99,100)101)80-60(88)32-36-105-38-40-107-42-41-106-39-37-104-35-31-55(87)17-2/h18-20,23-24,27-30,46-51,56-59,62-67,90H,16-17,21-22,25-26,31-45H2,1-15H3,(H,78,91)(H,79,92)(H,80,88)(H,81,94)(H,82,93)(H,83,95)(H3,76,77,97)(H,99,100,101)/t49-,50+,51+,56-,57-,58-,59+,62-,63-,64-,65-,66+,67+/m0/s1. The molecule has 109 heavy (non-hydrogen) atoms. The van der Waals surface area contributed by atoms with Crippen LogP contribution in [-0.4, -0.2) is 258 Å². The number of carbonyl (C=O) groups is 11. The number of urea groups is 1. The minimum atomic E-state index is -4.89. The first kappa shape index (κ1) is 95.2. The smallest absolute Gasteiger partial charge is 0.410 e. The molecule has 11 amide bonds. The second-order valence-corrected chi connectivity index (χ2v) is 29.9. The van der Waals surface area contributed by atoms with Crippen molar-refractivity contribution < 1.29 is 104 Å². The van der Waals surface area contributed by atoms with Gasteiger partial charge in [-0.15, -0.1) is 0 Å². The summed E-state index contributed by atoms with van der Waals surface area (Å²) in [6, 6.07) is 5.66. The first-order valence-electron chi connectivity index (χ1n) is 37.5. The fourth-order valence-corrected chi connectivity index (χ4v) is 13.3. The van der Waals surface area contributed by atoms with Crippen molar-refractivity contribution in [1.82, 2.24) is 46.6 Å². The van der Waals surface area contributed by atoms with Crippen molar-refractivity contribution in [3.8, 4) is 0 Å². The van der Waals surface area contributed by atoms with Gasteiger partial charge in [-0.1, -0.05) is 118 Å². The SMILES string of the molecule is CCC(=O)CCOCCOCCOCCOCCC(=O)N[C@@H](CS(=O)(=O)O)C(=O)N[C@H](C(=O)N[C@@H](CCCNC(N)=O)C(=O)Nc1ccc(COC(=O)N(C)[C@H](C(=O)N[C@H](C(=O)N(C)[C@@H]([C@@H](C)CC)[C@@H](CC(=O)N2CCC[C@H]2[C@H](OC)[C@@H](C)C(=O)N[C@H](C)[C@@H](O)c2ccccc2)OC)C(C)C)C(C)C)cc1)C(C)C. The first-order valence-corrected chi connectivity index (χ1v) is 39.1. The summed E-state index contributed by atoms with van der Waals surface area (Å²) in [5.74, 6) is -8.97. The molecule has 0 aliphatic carbocycles. The van der Waals surface area contributed by atoms with Crippen molar-refractivity contribution in [2.75, 3.05) is 105 Å². The molecule has 1 saturated heterocycles. The molecule has 0 radical (unpaired) electrons. The molecule has 13 atom stereocenters. The van der Waals surface area contributed by atoms with Gasteiger partial charge in [0.05, 0.1) is 102 Å². The van der Waals surface area contributed by atoms with Crippen molar-refractivity contribution in [2.45, 2.75) is 207 Å². The number of ether oxygens (including phenoxy) is 7. The molecule has 33 nitrogen and oxygen atoms in total. The number of hydrogen-bond donors (Lipinski definition) is 10. The van der Waals surface area contributed by atoms with Crippen LogP contribution in [0, 0.1) is 29.6 Å². The molecule has 34 heteroatoms. The lowest BCUT2D eigenvalue weighted by molar-refractivity contribution is -0.148. The Kier molecular flexibility index (Phi) is 43.1. The van der Waals surface area contributed by atoms with Crippen molar-refractivity contribution >= 4 is 81.0 Å². The number of hydrogen-bond acceptors (Lipinski definition) is 21. The number of carbonyl (C=O) groups excluding carboxylic acids is 11. The number of amides is 11. The molecule has 0 bridgehead atoms. The Bertz CT molecular complexity index is 3300. The first-order chi connectivity index (χ1) is 51.5. The van der Waals surface area contributed by atoms with E-state index < -0.39 is 154 Å². The molecule has 1 heterocycles. The quantitative estimate of drug-likeness (QED) is 0.0333. The minimum Gasteiger partial charge on any atom is -0.445 e. The van der Waals surface area contributed by atoms with E-state index in [4.69, 9.17) is 38.9 Å². The highest BCUT2D eigenvalue weighted by Crippen LogP contribution is 2.31. The highest BCUT2D eigenvalue weighted by atomic mass is 32.2. The number of likely N-dealkylation sites (N-methyl/N-ethyl adjacent to an activating group) is 2. The predicted molar refractivity (Wildman–Crippen MR) is 405 cm³/mol. The number of likely N-dealkylation sites (tertiary alicyclic amines) is 1. The zero-order valence-electron chi connectivity index (χ0n) is 66.2. The molecular weight excluding hydrogens is 1440 g/mol. The normalized spacial score (nSPS) is 16.4. The summed E-state index contributed by atoms with van der Waals surface area (Å²) < 4.78 is 73.3. The van der Waals surface area contributed by atoms with E-state index in [0.717, 1.165) is 4.90 Å². The van der Waals surface area contributed by atoms with Crippen LogP contribution >= 0.6 is 0 Å². The van der Waals surface area contributed by atoms with Crippen molar-refractivity contribution in [1.29, 1.82) is 0 Å². The third kappa shape index (κ3) is 33.3. The lowest BCUT2D eigenvalue weighted by Gasteiger charge is -2.41. The Hall–Kier alpha value is -7.96. The van der Waals surface area contributed by atoms with E-state index >= 15 is 0 Å². The summed E-state index contributed by atoms with van der Waals surface area (Å²) in [4.78, 5) is 153. The Labute approximate surface area is 642 Å². The van der Waals surface area contributed by atoms with Crippen LogP contribution in [0.5, 0.6) is 0 Å². The van der Waals surface area contributed by atoms with Crippen LogP contribution in [0.4, 0.5) is 15.3 Å². The van der Waals surface area contributed by atoms with Gasteiger partial charge in [-0.3, -0.25) is 52.6 Å². The van der Waals surface area contributed by atoms with E-state index in [1.165, 1.54) is 38.3 Å². The van der Waals surface area contributed by atoms with Crippen molar-refractivity contribution in [3.63, 3.8) is 0 Å². The second-order valence-electron chi connectivity index (χ2n) is 28.4. The van der Waals surface area contributed by atoms with E-state index in [-0.39, 0.29) is 101 Å². The summed E-state index contributed by atoms with van der Waals surface area (Å²) in [5, 5.41) is 29.3. The molecule has 3 rings (SSSR count). The summed E-state index contributed by atoms with van der Waals surface area (Å²) in [5.41, 5.74) is 6.59. The van der Waals surface area contributed by atoms with Gasteiger partial charge in [-0.2, -0.15) is 8.42 Å². The molecule has 11 N–H and O–H groups in total. The third-order valence-electron chi connectivity index (χ3n) is 19.0. The maximum absolute atomic E-state index is 14.9. The summed E-state index contributed by atoms with van der Waals surface area (Å²) in [6.07, 6.45) is -1.09. The van der Waals surface area contributed by atoms with Crippen molar-refractivity contribution in [2.24, 2.45) is 35.3 Å². The van der Waals surface area contributed by atoms with Gasteiger partial charge in [0.25, 0.3) is 10.1 Å². The lowest BCUT2D eigenvalue weighted by Crippen LogP contribution is -2.60. The van der Waals surface area contributed by atoms with E-state index in [2.05, 4.69) is 37.2 Å². The predicted octanol–water partition coefficient (Wildman–Crippen LogP) is 3.79. The number of Topliss-reactive ketones (excluding diaryl/α,β-unsaturated/α-hetero) is 1. The highest BCUT2D eigenvalue weighted by Gasteiger charge is 2.44. The molecule has 1 aliphatic heterocycles. The molecule has 616 valence electrons. The van der Waals surface area contributed by atoms with E-state index in [1.807, 2.05) is 19.9 Å². The molecular formula is C75H123N11O22S. The molecule has 1 aliphatic rings. The van der Waals surface area contributed by atoms with Crippen LogP contribution in [0.15, 0.2) is 54.6 Å². The number of aliphatic hydroxyl groups excluding tert-OH is 1. The Morgan fingerprint density at radius 3 is 1.76 bits per heavy atom. The monoisotopic (exact) mass is 1560 g/mol. The molecule has 0 aromatic heterocycles. The molecule has 0 saturated carbocycles. The molecule has 0 spiro atoms. The van der Waals surface area contributed by atoms with Crippen LogP contribution < -0.4 is 43.0 Å². The Morgan fingerprint density at radius 2 is 1.23 bits per heavy atom. The molecule has 1 fully saturated rings. The van der Waals surface area contributed by atoms with Gasteiger partial charge in [-0.25, -0.2) is 9.59 Å². The van der Waals surface area contributed by atoms with Gasteiger partial charge < -0.3 is 91.0 Å². The van der Waals surface area contributed by atoms with Crippen LogP contribution in [0.2, 0.25) is 0 Å². The number of ketones is 1. The third-order valence-corrected chi connectivity index (χ3v) is 19.8. The average molecular weight is 1560 g/mol. The molecule has 2 aromatic carbocycles. The molecule has 0 unspecified atom stereocenters. The summed E-state index contributed by atoms with van der Waals surface area (Å²) in [7, 11) is 1.11. The van der Waals surface area contributed by atoms with Crippen molar-refractivity contribution in [3.05, 3.63) is 65.7 Å². The van der Waals surface area contributed by atoms with Gasteiger partial charge >= 0.3 is 12.1 Å². The van der Waals surface area contributed by atoms with Crippen LogP contribution in [0.3, 0.4) is 0 Å². The number of nitrogens with two attached hydrogens (primary N) is 1. The maximum atomic E-state index is 14.9. The van der Waals surface area contributed by atoms with E-state index in [9.17, 15) is 70.8 Å². The Balaban J connectivity index is 1.66. The highest BCUT2D eigenvalue weighted by molar-refractivity contribution is 7.85. The number of methoxy groups -OCH3 is 2. The van der Waals surface area contributed by atoms with Gasteiger partial charge in [0.1, 0.15) is 48.4 Å². The fraction of sp³-hybridized carbons (Fsp3) is 0.693. The lowest BCUT2D eigenvalue weighted by atomic mass is 9.89. The van der Waals surface area contributed by atoms with E-state index in [0.29, 0.717) is 69.6 Å². The minimum absolute atomic E-state index is 0.00357. The average Bonchev–Trinajstić information content (AvgIpc) is 1.80. The second kappa shape index (κ2) is 49.3. The number of anilines is 1. The number of benzene rings is 2. The number of nitrogens with zero attached hydrogens (tertiary/aromatic N) is 3. The van der Waals surface area contributed by atoms with Crippen LogP contribution in [0.25, 0.3) is 0 Å². The van der Waals surface area contributed by atoms with Gasteiger partial charge in [0.2, 0.25) is 47.3 Å². The van der Waals surface area contributed by atoms with Gasteiger partial charge in [0.15, 0.2) is 0 Å². The number of nitrogens with one attached hydrogen (secondary N) is 7. The largest absolute Gasteiger partial charge is 0.445 e. The zero-order chi connectivity index (χ0) is 81.7. The zero-order valence-corrected chi connectivity index (χ0v) is 67.0. The molecule has 2 aromatic rings. The number of rotatable bonds is 52. The summed E-state index contributed by atoms with van der Waals surface area (Å²) in [6.45, 7) is 21.0. The van der Waals surface area contributed by atoms with Crippen LogP contribution in [0.1, 0.15) is 151 Å². The fourth-order valence-electron chi connectivity index (χ4n) is 12.6.